The maximum absolute atomic E-state index is 13.7. The van der Waals surface area contributed by atoms with Crippen LogP contribution in [0, 0.1) is 17.1 Å². The molecule has 4 aromatic rings. The SMILES string of the molecule is CCNCCCC(C)NCc1cc(Cl)c(CC)cc1OCc1cncc(C#N)c1.Fc1ccccc1-c1cccc2c1CCC2. The van der Waals surface area contributed by atoms with E-state index in [2.05, 4.69) is 48.5 Å². The predicted molar refractivity (Wildman–Crippen MR) is 182 cm³/mol. The highest BCUT2D eigenvalue weighted by Gasteiger charge is 2.17. The molecule has 45 heavy (non-hydrogen) atoms. The Bertz CT molecular complexity index is 1580. The molecule has 3 aromatic carbocycles. The lowest BCUT2D eigenvalue weighted by Crippen LogP contribution is -2.27. The van der Waals surface area contributed by atoms with Crippen molar-refractivity contribution in [3.05, 3.63) is 117 Å². The molecule has 5 nitrogen and oxygen atoms in total. The molecule has 0 saturated carbocycles. The van der Waals surface area contributed by atoms with E-state index in [9.17, 15) is 4.39 Å². The van der Waals surface area contributed by atoms with Crippen molar-refractivity contribution in [1.82, 2.24) is 15.6 Å². The van der Waals surface area contributed by atoms with E-state index in [1.165, 1.54) is 23.6 Å². The highest BCUT2D eigenvalue weighted by molar-refractivity contribution is 6.31. The number of fused-ring (bicyclic) bond motifs is 1. The molecule has 0 radical (unpaired) electrons. The van der Waals surface area contributed by atoms with E-state index in [-0.39, 0.29) is 5.82 Å². The molecule has 1 aliphatic carbocycles. The molecule has 1 heterocycles. The highest BCUT2D eigenvalue weighted by Crippen LogP contribution is 2.33. The summed E-state index contributed by atoms with van der Waals surface area (Å²) in [6, 6.07) is 21.6. The average Bonchev–Trinajstić information content (AvgIpc) is 3.55. The van der Waals surface area contributed by atoms with Gasteiger partial charge in [-0.3, -0.25) is 4.98 Å². The molecule has 0 aliphatic heterocycles. The van der Waals surface area contributed by atoms with Gasteiger partial charge in [0.2, 0.25) is 0 Å². The molecule has 1 unspecified atom stereocenters. The molecule has 7 heteroatoms. The van der Waals surface area contributed by atoms with Gasteiger partial charge in [-0.15, -0.1) is 0 Å². The van der Waals surface area contributed by atoms with Gasteiger partial charge in [-0.05, 0) is 105 Å². The maximum Gasteiger partial charge on any atom is 0.131 e. The van der Waals surface area contributed by atoms with Crippen LogP contribution in [0.1, 0.15) is 73.4 Å². The lowest BCUT2D eigenvalue weighted by atomic mass is 9.97. The summed E-state index contributed by atoms with van der Waals surface area (Å²) in [5.41, 5.74) is 8.04. The average molecular weight is 627 g/mol. The lowest BCUT2D eigenvalue weighted by molar-refractivity contribution is 0.300. The first kappa shape index (κ1) is 34.1. The minimum absolute atomic E-state index is 0.122. The number of nitrogens with zero attached hydrogens (tertiary/aromatic N) is 2. The van der Waals surface area contributed by atoms with Crippen LogP contribution in [0.5, 0.6) is 5.75 Å². The fourth-order valence-electron chi connectivity index (χ4n) is 5.62. The topological polar surface area (TPSA) is 70.0 Å². The van der Waals surface area contributed by atoms with Crippen molar-refractivity contribution in [2.75, 3.05) is 13.1 Å². The summed E-state index contributed by atoms with van der Waals surface area (Å²) in [4.78, 5) is 4.10. The van der Waals surface area contributed by atoms with Crippen molar-refractivity contribution >= 4 is 11.6 Å². The Morgan fingerprint density at radius 3 is 2.62 bits per heavy atom. The minimum atomic E-state index is -0.122. The van der Waals surface area contributed by atoms with E-state index in [4.69, 9.17) is 21.6 Å². The third-order valence-electron chi connectivity index (χ3n) is 8.12. The summed E-state index contributed by atoms with van der Waals surface area (Å²) in [6.45, 7) is 9.51. The second kappa shape index (κ2) is 17.7. The van der Waals surface area contributed by atoms with Gasteiger partial charge < -0.3 is 15.4 Å². The van der Waals surface area contributed by atoms with Crippen molar-refractivity contribution in [1.29, 1.82) is 5.26 Å². The molecule has 0 fully saturated rings. The summed E-state index contributed by atoms with van der Waals surface area (Å²) in [6.07, 6.45) is 9.78. The third-order valence-corrected chi connectivity index (χ3v) is 8.47. The number of hydrogen-bond acceptors (Lipinski definition) is 5. The third kappa shape index (κ3) is 9.86. The van der Waals surface area contributed by atoms with Gasteiger partial charge in [-0.2, -0.15) is 5.26 Å². The Morgan fingerprint density at radius 2 is 1.84 bits per heavy atom. The molecule has 1 atom stereocenters. The number of benzene rings is 3. The Morgan fingerprint density at radius 1 is 1.02 bits per heavy atom. The normalized spacial score (nSPS) is 12.5. The Kier molecular flexibility index (Phi) is 13.4. The molecule has 0 saturated heterocycles. The molecule has 0 spiro atoms. The number of rotatable bonds is 13. The molecule has 5 rings (SSSR count). The van der Waals surface area contributed by atoms with E-state index >= 15 is 0 Å². The van der Waals surface area contributed by atoms with E-state index < -0.39 is 0 Å². The molecular formula is C38H44ClFN4O. The van der Waals surface area contributed by atoms with Crippen LogP contribution in [-0.2, 0) is 32.4 Å². The number of halogens is 2. The van der Waals surface area contributed by atoms with Crippen LogP contribution in [0.15, 0.2) is 73.1 Å². The summed E-state index contributed by atoms with van der Waals surface area (Å²) in [5, 5.41) is 16.7. The quantitative estimate of drug-likeness (QED) is 0.145. The van der Waals surface area contributed by atoms with Gasteiger partial charge in [-0.1, -0.05) is 61.8 Å². The molecule has 236 valence electrons. The highest BCUT2D eigenvalue weighted by atomic mass is 35.5. The van der Waals surface area contributed by atoms with Crippen molar-refractivity contribution in [3.8, 4) is 22.9 Å². The van der Waals surface area contributed by atoms with Crippen LogP contribution in [0.25, 0.3) is 11.1 Å². The Balaban J connectivity index is 0.000000240. The lowest BCUT2D eigenvalue weighted by Gasteiger charge is -2.18. The molecule has 0 bridgehead atoms. The number of nitrogens with one attached hydrogen (secondary N) is 2. The molecule has 1 aromatic heterocycles. The van der Waals surface area contributed by atoms with Gasteiger partial charge in [0.25, 0.3) is 0 Å². The first-order valence-corrected chi connectivity index (χ1v) is 16.4. The maximum atomic E-state index is 13.7. The van der Waals surface area contributed by atoms with E-state index in [0.717, 1.165) is 83.8 Å². The minimum Gasteiger partial charge on any atom is -0.489 e. The summed E-state index contributed by atoms with van der Waals surface area (Å²) >= 11 is 6.45. The Hall–Kier alpha value is -3.76. The number of ether oxygens (including phenoxy) is 1. The largest absolute Gasteiger partial charge is 0.489 e. The first-order chi connectivity index (χ1) is 21.9. The van der Waals surface area contributed by atoms with Gasteiger partial charge in [0.15, 0.2) is 0 Å². The van der Waals surface area contributed by atoms with E-state index in [1.54, 1.807) is 24.5 Å². The molecule has 1 aliphatic rings. The fraction of sp³-hybridized carbons (Fsp3) is 0.368. The van der Waals surface area contributed by atoms with E-state index in [0.29, 0.717) is 24.8 Å². The van der Waals surface area contributed by atoms with E-state index in [1.807, 2.05) is 36.4 Å². The molecule has 2 N–H and O–H groups in total. The van der Waals surface area contributed by atoms with Crippen LogP contribution in [0.2, 0.25) is 5.02 Å². The van der Waals surface area contributed by atoms with Gasteiger partial charge in [0, 0.05) is 46.7 Å². The van der Waals surface area contributed by atoms with Crippen LogP contribution >= 0.6 is 11.6 Å². The van der Waals surface area contributed by atoms with Crippen LogP contribution < -0.4 is 15.4 Å². The standard InChI is InChI=1S/C23H31ClN4O.C15H13F/c1-4-20-11-23(29-16-19-9-18(12-25)13-27-14-19)21(10-22(20)24)15-28-17(3)7-6-8-26-5-2;16-15-10-2-1-7-14(15)13-9-4-6-11-5-3-8-12(11)13/h9-11,13-14,17,26,28H,4-8,15-16H2,1-3H3;1-2,4,6-7,9-10H,3,5,8H2. The number of hydrogen-bond donors (Lipinski definition) is 2. The first-order valence-electron chi connectivity index (χ1n) is 16.0. The summed E-state index contributed by atoms with van der Waals surface area (Å²) < 4.78 is 19.9. The van der Waals surface area contributed by atoms with Crippen LogP contribution in [0.4, 0.5) is 4.39 Å². The zero-order valence-electron chi connectivity index (χ0n) is 26.6. The van der Waals surface area contributed by atoms with Gasteiger partial charge >= 0.3 is 0 Å². The number of nitriles is 1. The fourth-order valence-corrected chi connectivity index (χ4v) is 5.94. The van der Waals surface area contributed by atoms with Crippen molar-refractivity contribution < 1.29 is 9.13 Å². The molecule has 0 amide bonds. The van der Waals surface area contributed by atoms with Crippen LogP contribution in [0.3, 0.4) is 0 Å². The Labute approximate surface area is 272 Å². The summed E-state index contributed by atoms with van der Waals surface area (Å²) in [7, 11) is 0. The zero-order valence-corrected chi connectivity index (χ0v) is 27.4. The second-order valence-corrected chi connectivity index (χ2v) is 11.8. The monoisotopic (exact) mass is 626 g/mol. The zero-order chi connectivity index (χ0) is 32.0. The van der Waals surface area contributed by atoms with Crippen LogP contribution in [-0.4, -0.2) is 24.1 Å². The van der Waals surface area contributed by atoms with Crippen molar-refractivity contribution in [2.45, 2.75) is 78.5 Å². The second-order valence-electron chi connectivity index (χ2n) is 11.4. The van der Waals surface area contributed by atoms with Gasteiger partial charge in [-0.25, -0.2) is 4.39 Å². The number of pyridine rings is 1. The van der Waals surface area contributed by atoms with Crippen molar-refractivity contribution in [3.63, 3.8) is 0 Å². The van der Waals surface area contributed by atoms with Gasteiger partial charge in [0.1, 0.15) is 24.2 Å². The van der Waals surface area contributed by atoms with Gasteiger partial charge in [0.05, 0.1) is 5.56 Å². The molecular weight excluding hydrogens is 583 g/mol. The summed E-state index contributed by atoms with van der Waals surface area (Å²) in [5.74, 6) is 0.698. The smallest absolute Gasteiger partial charge is 0.131 e. The predicted octanol–water partition coefficient (Wildman–Crippen LogP) is 8.60. The van der Waals surface area contributed by atoms with Crippen molar-refractivity contribution in [2.24, 2.45) is 0 Å². The number of aryl methyl sites for hydroxylation is 2. The number of aromatic nitrogens is 1.